The van der Waals surface area contributed by atoms with Gasteiger partial charge in [-0.2, -0.15) is 0 Å². The van der Waals surface area contributed by atoms with Crippen molar-refractivity contribution in [2.75, 3.05) is 6.54 Å². The van der Waals surface area contributed by atoms with E-state index in [0.29, 0.717) is 24.8 Å². The molecule has 2 rings (SSSR count). The zero-order valence-electron chi connectivity index (χ0n) is 18.2. The molecule has 1 aliphatic carbocycles. The number of hydrogen-bond acceptors (Lipinski definition) is 5. The minimum Gasteiger partial charge on any atom is -0.445 e. The first-order valence-electron chi connectivity index (χ1n) is 10.6. The molecule has 1 atom stereocenters. The molecule has 2 amide bonds. The van der Waals surface area contributed by atoms with Gasteiger partial charge in [0.15, 0.2) is 0 Å². The fraction of sp³-hybridized carbons (Fsp3) is 0.609. The summed E-state index contributed by atoms with van der Waals surface area (Å²) in [6.07, 6.45) is 4.30. The number of alkyl carbamates (subject to hydrolysis) is 2. The molecule has 0 radical (unpaired) electrons. The van der Waals surface area contributed by atoms with Gasteiger partial charge in [0.2, 0.25) is 0 Å². The minimum atomic E-state index is -0.578. The Morgan fingerprint density at radius 3 is 2.30 bits per heavy atom. The average Bonchev–Trinajstić information content (AvgIpc) is 2.71. The van der Waals surface area contributed by atoms with E-state index in [0.717, 1.165) is 37.5 Å². The molecule has 1 aromatic carbocycles. The Labute approximate surface area is 178 Å². The molecule has 0 saturated heterocycles. The van der Waals surface area contributed by atoms with Crippen molar-refractivity contribution < 1.29 is 23.9 Å². The number of rotatable bonds is 8. The molecule has 30 heavy (non-hydrogen) atoms. The Morgan fingerprint density at radius 1 is 1.07 bits per heavy atom. The van der Waals surface area contributed by atoms with Crippen LogP contribution in [-0.2, 0) is 20.9 Å². The SMILES string of the molecule is CC(C)(C)OC(=O)NC[C@H]1CC[C@H](C[C@@H](C=O)NC(=O)OCc2ccccc2)CC1. The van der Waals surface area contributed by atoms with Crippen molar-refractivity contribution in [3.05, 3.63) is 35.9 Å². The van der Waals surface area contributed by atoms with Gasteiger partial charge in [-0.1, -0.05) is 43.2 Å². The largest absolute Gasteiger partial charge is 0.445 e. The van der Waals surface area contributed by atoms with Crippen LogP contribution in [0.3, 0.4) is 0 Å². The highest BCUT2D eigenvalue weighted by atomic mass is 16.6. The van der Waals surface area contributed by atoms with E-state index < -0.39 is 17.7 Å². The van der Waals surface area contributed by atoms with Crippen molar-refractivity contribution in [2.24, 2.45) is 11.8 Å². The Hall–Kier alpha value is -2.57. The van der Waals surface area contributed by atoms with Gasteiger partial charge in [0.25, 0.3) is 0 Å². The normalized spacial score (nSPS) is 20.0. The van der Waals surface area contributed by atoms with Gasteiger partial charge in [0.05, 0.1) is 6.04 Å². The number of amides is 2. The molecule has 0 spiro atoms. The second-order valence-corrected chi connectivity index (χ2v) is 8.95. The van der Waals surface area contributed by atoms with E-state index in [1.165, 1.54) is 0 Å². The van der Waals surface area contributed by atoms with Crippen molar-refractivity contribution in [3.8, 4) is 0 Å². The first-order chi connectivity index (χ1) is 14.2. The predicted octanol–water partition coefficient (Wildman–Crippen LogP) is 4.20. The van der Waals surface area contributed by atoms with Crippen molar-refractivity contribution >= 4 is 18.5 Å². The van der Waals surface area contributed by atoms with Gasteiger partial charge in [-0.25, -0.2) is 9.59 Å². The monoisotopic (exact) mass is 418 g/mol. The molecule has 1 fully saturated rings. The third-order valence-corrected chi connectivity index (χ3v) is 5.17. The van der Waals surface area contributed by atoms with Gasteiger partial charge in [0, 0.05) is 6.54 Å². The van der Waals surface area contributed by atoms with E-state index in [1.54, 1.807) is 0 Å². The van der Waals surface area contributed by atoms with Crippen LogP contribution in [0.4, 0.5) is 9.59 Å². The number of carbonyl (C=O) groups is 3. The summed E-state index contributed by atoms with van der Waals surface area (Å²) in [5.41, 5.74) is 0.398. The van der Waals surface area contributed by atoms with Crippen LogP contribution in [0.1, 0.15) is 58.4 Å². The maximum Gasteiger partial charge on any atom is 0.408 e. The minimum absolute atomic E-state index is 0.175. The van der Waals surface area contributed by atoms with Gasteiger partial charge >= 0.3 is 12.2 Å². The van der Waals surface area contributed by atoms with Crippen LogP contribution in [-0.4, -0.2) is 36.7 Å². The van der Waals surface area contributed by atoms with E-state index in [2.05, 4.69) is 10.6 Å². The topological polar surface area (TPSA) is 93.7 Å². The van der Waals surface area contributed by atoms with E-state index in [-0.39, 0.29) is 12.7 Å². The molecule has 1 saturated carbocycles. The molecule has 0 aliphatic heterocycles. The standard InChI is InChI=1S/C23H34N2O5/c1-23(2,3)30-21(27)24-14-18-11-9-17(10-12-18)13-20(15-26)25-22(28)29-16-19-7-5-4-6-8-19/h4-8,15,17-18,20H,9-14,16H2,1-3H3,(H,24,27)(H,25,28)/t17-,18-,20-/m0/s1. The maximum absolute atomic E-state index is 12.0. The fourth-order valence-corrected chi connectivity index (χ4v) is 3.64. The molecular formula is C23H34N2O5. The number of aldehydes is 1. The number of carbonyl (C=O) groups excluding carboxylic acids is 3. The fourth-order valence-electron chi connectivity index (χ4n) is 3.64. The van der Waals surface area contributed by atoms with Crippen LogP contribution in [0.5, 0.6) is 0 Å². The zero-order chi connectivity index (χ0) is 22.0. The molecule has 0 heterocycles. The first kappa shape index (κ1) is 23.7. The molecule has 2 N–H and O–H groups in total. The van der Waals surface area contributed by atoms with Gasteiger partial charge in [-0.3, -0.25) is 0 Å². The lowest BCUT2D eigenvalue weighted by Gasteiger charge is -2.30. The molecule has 166 valence electrons. The third-order valence-electron chi connectivity index (χ3n) is 5.17. The Kier molecular flexibility index (Phi) is 9.15. The second kappa shape index (κ2) is 11.6. The molecule has 1 aromatic rings. The number of benzene rings is 1. The number of ether oxygens (including phenoxy) is 2. The van der Waals surface area contributed by atoms with Crippen LogP contribution in [0.25, 0.3) is 0 Å². The van der Waals surface area contributed by atoms with Crippen LogP contribution in [0.15, 0.2) is 30.3 Å². The molecule has 1 aliphatic rings. The molecular weight excluding hydrogens is 384 g/mol. The van der Waals surface area contributed by atoms with Gasteiger partial charge in [-0.05, 0) is 57.4 Å². The second-order valence-electron chi connectivity index (χ2n) is 8.95. The van der Waals surface area contributed by atoms with Crippen molar-refractivity contribution in [1.82, 2.24) is 10.6 Å². The van der Waals surface area contributed by atoms with Crippen LogP contribution in [0.2, 0.25) is 0 Å². The van der Waals surface area contributed by atoms with Crippen LogP contribution in [0, 0.1) is 11.8 Å². The van der Waals surface area contributed by atoms with E-state index in [1.807, 2.05) is 51.1 Å². The van der Waals surface area contributed by atoms with E-state index in [4.69, 9.17) is 9.47 Å². The summed E-state index contributed by atoms with van der Waals surface area (Å²) >= 11 is 0. The highest BCUT2D eigenvalue weighted by molar-refractivity contribution is 5.73. The Bertz CT molecular complexity index is 679. The van der Waals surface area contributed by atoms with Crippen molar-refractivity contribution in [1.29, 1.82) is 0 Å². The van der Waals surface area contributed by atoms with Crippen molar-refractivity contribution in [3.63, 3.8) is 0 Å². The van der Waals surface area contributed by atoms with Crippen LogP contribution >= 0.6 is 0 Å². The highest BCUT2D eigenvalue weighted by Crippen LogP contribution is 2.31. The summed E-state index contributed by atoms with van der Waals surface area (Å²) in [7, 11) is 0. The summed E-state index contributed by atoms with van der Waals surface area (Å²) in [6.45, 7) is 6.29. The lowest BCUT2D eigenvalue weighted by molar-refractivity contribution is -0.110. The van der Waals surface area contributed by atoms with E-state index >= 15 is 0 Å². The predicted molar refractivity (Wildman–Crippen MR) is 114 cm³/mol. The van der Waals surface area contributed by atoms with Crippen LogP contribution < -0.4 is 10.6 Å². The summed E-state index contributed by atoms with van der Waals surface area (Å²) < 4.78 is 10.5. The maximum atomic E-state index is 12.0. The first-order valence-corrected chi connectivity index (χ1v) is 10.6. The molecule has 0 unspecified atom stereocenters. The van der Waals surface area contributed by atoms with Gasteiger partial charge in [0.1, 0.15) is 18.5 Å². The zero-order valence-corrected chi connectivity index (χ0v) is 18.2. The Morgan fingerprint density at radius 2 is 1.70 bits per heavy atom. The lowest BCUT2D eigenvalue weighted by Crippen LogP contribution is -2.39. The molecule has 0 aromatic heterocycles. The molecule has 7 heteroatoms. The van der Waals surface area contributed by atoms with Gasteiger partial charge in [-0.15, -0.1) is 0 Å². The smallest absolute Gasteiger partial charge is 0.408 e. The molecule has 0 bridgehead atoms. The third kappa shape index (κ3) is 9.29. The summed E-state index contributed by atoms with van der Waals surface area (Å²) in [5, 5.41) is 5.49. The average molecular weight is 419 g/mol. The van der Waals surface area contributed by atoms with Gasteiger partial charge < -0.3 is 24.9 Å². The molecule has 7 nitrogen and oxygen atoms in total. The van der Waals surface area contributed by atoms with E-state index in [9.17, 15) is 14.4 Å². The van der Waals surface area contributed by atoms with Crippen molar-refractivity contribution in [2.45, 2.75) is 71.1 Å². The quantitative estimate of drug-likeness (QED) is 0.617. The number of nitrogens with one attached hydrogen (secondary N) is 2. The lowest BCUT2D eigenvalue weighted by atomic mass is 9.79. The highest BCUT2D eigenvalue weighted by Gasteiger charge is 2.25. The summed E-state index contributed by atoms with van der Waals surface area (Å²) in [6, 6.07) is 8.86. The summed E-state index contributed by atoms with van der Waals surface area (Å²) in [4.78, 5) is 35.2. The Balaban J connectivity index is 1.65. The number of hydrogen-bond donors (Lipinski definition) is 2. The summed E-state index contributed by atoms with van der Waals surface area (Å²) in [5.74, 6) is 0.777.